The summed E-state index contributed by atoms with van der Waals surface area (Å²) in [7, 11) is 0. The first kappa shape index (κ1) is 12.0. The molecule has 0 aromatic heterocycles. The van der Waals surface area contributed by atoms with Crippen molar-refractivity contribution in [2.45, 2.75) is 58.5 Å². The Morgan fingerprint density at radius 1 is 1.36 bits per heavy atom. The SMILES string of the molecule is CCCCCN1C(C)CNCC1(C)C. The van der Waals surface area contributed by atoms with Gasteiger partial charge >= 0.3 is 0 Å². The highest BCUT2D eigenvalue weighted by molar-refractivity contribution is 4.92. The van der Waals surface area contributed by atoms with Crippen LogP contribution in [0, 0.1) is 0 Å². The van der Waals surface area contributed by atoms with Gasteiger partial charge in [0.2, 0.25) is 0 Å². The van der Waals surface area contributed by atoms with Crippen LogP contribution in [0.1, 0.15) is 47.0 Å². The van der Waals surface area contributed by atoms with Gasteiger partial charge in [-0.3, -0.25) is 4.90 Å². The van der Waals surface area contributed by atoms with Crippen LogP contribution in [0.3, 0.4) is 0 Å². The number of unbranched alkanes of at least 4 members (excludes halogenated alkanes) is 2. The summed E-state index contributed by atoms with van der Waals surface area (Å²) in [6.45, 7) is 12.8. The second-order valence-electron chi connectivity index (χ2n) is 5.19. The molecule has 1 heterocycles. The number of piperazine rings is 1. The molecule has 1 unspecified atom stereocenters. The normalized spacial score (nSPS) is 27.9. The lowest BCUT2D eigenvalue weighted by atomic mass is 9.96. The van der Waals surface area contributed by atoms with E-state index >= 15 is 0 Å². The van der Waals surface area contributed by atoms with Crippen LogP contribution in [0.25, 0.3) is 0 Å². The number of rotatable bonds is 4. The van der Waals surface area contributed by atoms with Crippen molar-refractivity contribution < 1.29 is 0 Å². The fourth-order valence-electron chi connectivity index (χ4n) is 2.45. The third-order valence-electron chi connectivity index (χ3n) is 3.31. The molecule has 14 heavy (non-hydrogen) atoms. The van der Waals surface area contributed by atoms with E-state index < -0.39 is 0 Å². The van der Waals surface area contributed by atoms with Crippen molar-refractivity contribution in [1.82, 2.24) is 10.2 Å². The van der Waals surface area contributed by atoms with Gasteiger partial charge in [0, 0.05) is 24.7 Å². The lowest BCUT2D eigenvalue weighted by Gasteiger charge is -2.47. The molecule has 1 rings (SSSR count). The van der Waals surface area contributed by atoms with Crippen molar-refractivity contribution in [3.05, 3.63) is 0 Å². The Labute approximate surface area is 89.1 Å². The molecule has 1 atom stereocenters. The smallest absolute Gasteiger partial charge is 0.0281 e. The van der Waals surface area contributed by atoms with E-state index in [2.05, 4.69) is 37.9 Å². The van der Waals surface area contributed by atoms with Gasteiger partial charge in [-0.15, -0.1) is 0 Å². The molecular formula is C12H26N2. The van der Waals surface area contributed by atoms with E-state index in [1.807, 2.05) is 0 Å². The highest BCUT2D eigenvalue weighted by atomic mass is 15.3. The summed E-state index contributed by atoms with van der Waals surface area (Å²) >= 11 is 0. The fraction of sp³-hybridized carbons (Fsp3) is 1.00. The van der Waals surface area contributed by atoms with Crippen LogP contribution in [0.5, 0.6) is 0 Å². The molecule has 0 amide bonds. The number of hydrogen-bond acceptors (Lipinski definition) is 2. The van der Waals surface area contributed by atoms with E-state index in [0.717, 1.165) is 13.1 Å². The first-order valence-electron chi connectivity index (χ1n) is 6.05. The molecule has 0 radical (unpaired) electrons. The third kappa shape index (κ3) is 2.96. The van der Waals surface area contributed by atoms with Gasteiger partial charge < -0.3 is 5.32 Å². The van der Waals surface area contributed by atoms with E-state index in [1.165, 1.54) is 25.8 Å². The zero-order chi connectivity index (χ0) is 10.6. The van der Waals surface area contributed by atoms with Crippen LogP contribution in [0.15, 0.2) is 0 Å². The Bertz CT molecular complexity index is 166. The van der Waals surface area contributed by atoms with Gasteiger partial charge in [0.25, 0.3) is 0 Å². The van der Waals surface area contributed by atoms with E-state index in [0.29, 0.717) is 11.6 Å². The molecule has 0 aromatic rings. The molecule has 0 spiro atoms. The Morgan fingerprint density at radius 2 is 2.07 bits per heavy atom. The molecule has 1 aliphatic rings. The molecule has 84 valence electrons. The van der Waals surface area contributed by atoms with E-state index in [1.54, 1.807) is 0 Å². The van der Waals surface area contributed by atoms with Gasteiger partial charge in [0.05, 0.1) is 0 Å². The van der Waals surface area contributed by atoms with E-state index in [4.69, 9.17) is 0 Å². The van der Waals surface area contributed by atoms with Crippen molar-refractivity contribution in [2.24, 2.45) is 0 Å². The third-order valence-corrected chi connectivity index (χ3v) is 3.31. The molecule has 0 aliphatic carbocycles. The molecule has 0 saturated carbocycles. The molecular weight excluding hydrogens is 172 g/mol. The van der Waals surface area contributed by atoms with Crippen LogP contribution in [0.2, 0.25) is 0 Å². The van der Waals surface area contributed by atoms with Gasteiger partial charge in [-0.1, -0.05) is 19.8 Å². The first-order valence-corrected chi connectivity index (χ1v) is 6.05. The summed E-state index contributed by atoms with van der Waals surface area (Å²) in [4.78, 5) is 2.67. The van der Waals surface area contributed by atoms with Gasteiger partial charge in [-0.2, -0.15) is 0 Å². The summed E-state index contributed by atoms with van der Waals surface area (Å²) < 4.78 is 0. The second kappa shape index (κ2) is 5.13. The number of nitrogens with one attached hydrogen (secondary N) is 1. The highest BCUT2D eigenvalue weighted by Crippen LogP contribution is 2.21. The first-order chi connectivity index (χ1) is 6.58. The van der Waals surface area contributed by atoms with Crippen LogP contribution >= 0.6 is 0 Å². The standard InChI is InChI=1S/C12H26N2/c1-5-6-7-8-14-11(2)9-13-10-12(14,3)4/h11,13H,5-10H2,1-4H3. The zero-order valence-electron chi connectivity index (χ0n) is 10.3. The van der Waals surface area contributed by atoms with Crippen LogP contribution in [-0.4, -0.2) is 36.1 Å². The molecule has 1 N–H and O–H groups in total. The predicted molar refractivity (Wildman–Crippen MR) is 62.6 cm³/mol. The molecule has 0 bridgehead atoms. The van der Waals surface area contributed by atoms with Crippen molar-refractivity contribution in [3.8, 4) is 0 Å². The highest BCUT2D eigenvalue weighted by Gasteiger charge is 2.33. The predicted octanol–water partition coefficient (Wildman–Crippen LogP) is 2.25. The molecule has 1 fully saturated rings. The summed E-state index contributed by atoms with van der Waals surface area (Å²) in [6, 6.07) is 0.690. The topological polar surface area (TPSA) is 15.3 Å². The van der Waals surface area contributed by atoms with Crippen molar-refractivity contribution in [3.63, 3.8) is 0 Å². The lowest BCUT2D eigenvalue weighted by molar-refractivity contribution is 0.0438. The Balaban J connectivity index is 2.44. The quantitative estimate of drug-likeness (QED) is 0.697. The maximum atomic E-state index is 3.50. The van der Waals surface area contributed by atoms with E-state index in [9.17, 15) is 0 Å². The average Bonchev–Trinajstić information content (AvgIpc) is 2.09. The maximum Gasteiger partial charge on any atom is 0.0281 e. The molecule has 2 nitrogen and oxygen atoms in total. The van der Waals surface area contributed by atoms with Crippen LogP contribution in [-0.2, 0) is 0 Å². The Kier molecular flexibility index (Phi) is 4.39. The Morgan fingerprint density at radius 3 is 2.64 bits per heavy atom. The monoisotopic (exact) mass is 198 g/mol. The molecule has 2 heteroatoms. The average molecular weight is 198 g/mol. The van der Waals surface area contributed by atoms with Gasteiger partial charge in [0.1, 0.15) is 0 Å². The minimum absolute atomic E-state index is 0.339. The summed E-state index contributed by atoms with van der Waals surface area (Å²) in [5.41, 5.74) is 0.339. The second-order valence-corrected chi connectivity index (χ2v) is 5.19. The van der Waals surface area contributed by atoms with Gasteiger partial charge in [0.15, 0.2) is 0 Å². The minimum Gasteiger partial charge on any atom is -0.313 e. The summed E-state index contributed by atoms with van der Waals surface area (Å²) in [6.07, 6.45) is 4.04. The van der Waals surface area contributed by atoms with Gasteiger partial charge in [-0.05, 0) is 33.7 Å². The maximum absolute atomic E-state index is 3.50. The van der Waals surface area contributed by atoms with E-state index in [-0.39, 0.29) is 0 Å². The number of nitrogens with zero attached hydrogens (tertiary/aromatic N) is 1. The van der Waals surface area contributed by atoms with Crippen LogP contribution < -0.4 is 5.32 Å². The number of hydrogen-bond donors (Lipinski definition) is 1. The molecule has 0 aromatic carbocycles. The van der Waals surface area contributed by atoms with Crippen LogP contribution in [0.4, 0.5) is 0 Å². The van der Waals surface area contributed by atoms with Crippen molar-refractivity contribution in [2.75, 3.05) is 19.6 Å². The Hall–Kier alpha value is -0.0800. The minimum atomic E-state index is 0.339. The summed E-state index contributed by atoms with van der Waals surface area (Å²) in [5, 5.41) is 3.50. The fourth-order valence-corrected chi connectivity index (χ4v) is 2.45. The molecule has 1 aliphatic heterocycles. The van der Waals surface area contributed by atoms with Crippen molar-refractivity contribution >= 4 is 0 Å². The van der Waals surface area contributed by atoms with Crippen molar-refractivity contribution in [1.29, 1.82) is 0 Å². The summed E-state index contributed by atoms with van der Waals surface area (Å²) in [5.74, 6) is 0. The van der Waals surface area contributed by atoms with Gasteiger partial charge in [-0.25, -0.2) is 0 Å². The lowest BCUT2D eigenvalue weighted by Crippen LogP contribution is -2.62. The largest absolute Gasteiger partial charge is 0.313 e. The zero-order valence-corrected chi connectivity index (χ0v) is 10.3. The molecule has 1 saturated heterocycles.